The number of aryl methyl sites for hydroxylation is 1. The minimum atomic E-state index is -0.435. The molecule has 1 aliphatic heterocycles. The van der Waals surface area contributed by atoms with Crippen molar-refractivity contribution in [3.63, 3.8) is 0 Å². The van der Waals surface area contributed by atoms with Crippen LogP contribution < -0.4 is 4.90 Å². The second-order valence-corrected chi connectivity index (χ2v) is 7.01. The average molecular weight is 379 g/mol. The van der Waals surface area contributed by atoms with Crippen molar-refractivity contribution >= 4 is 22.5 Å². The van der Waals surface area contributed by atoms with Gasteiger partial charge in [-0.05, 0) is 25.1 Å². The van der Waals surface area contributed by atoms with Gasteiger partial charge in [0.25, 0.3) is 5.91 Å². The molecule has 7 nitrogen and oxygen atoms in total. The van der Waals surface area contributed by atoms with Crippen molar-refractivity contribution in [1.29, 1.82) is 0 Å². The highest BCUT2D eigenvalue weighted by Gasteiger charge is 2.21. The summed E-state index contributed by atoms with van der Waals surface area (Å²) >= 11 is 0. The number of amides is 1. The number of nitrogens with zero attached hydrogens (tertiary/aromatic N) is 3. The maximum absolute atomic E-state index is 12.3. The number of nitrogens with one attached hydrogen (secondary N) is 1. The molecule has 0 bridgehead atoms. The van der Waals surface area contributed by atoms with Crippen LogP contribution in [0.2, 0.25) is 0 Å². The number of hydrogen-bond acceptors (Lipinski definition) is 4. The molecule has 2 N–H and O–H groups in total. The van der Waals surface area contributed by atoms with Gasteiger partial charge in [0.05, 0.1) is 18.7 Å². The first-order valence-corrected chi connectivity index (χ1v) is 9.38. The van der Waals surface area contributed by atoms with Crippen molar-refractivity contribution in [2.45, 2.75) is 13.6 Å². The number of carbonyl (C=O) groups is 1. The molecule has 0 unspecified atom stereocenters. The average Bonchev–Trinajstić information content (AvgIpc) is 2.99. The summed E-state index contributed by atoms with van der Waals surface area (Å²) in [6, 6.07) is 14.8. The molecule has 0 radical (unpaired) electrons. The van der Waals surface area contributed by atoms with Crippen LogP contribution in [0.1, 0.15) is 15.9 Å². The van der Waals surface area contributed by atoms with Gasteiger partial charge in [0, 0.05) is 10.9 Å². The van der Waals surface area contributed by atoms with Gasteiger partial charge in [0.15, 0.2) is 12.4 Å². The number of morpholine rings is 1. The highest BCUT2D eigenvalue weighted by Crippen LogP contribution is 2.38. The van der Waals surface area contributed by atoms with Crippen LogP contribution in [0.25, 0.3) is 10.9 Å². The van der Waals surface area contributed by atoms with Gasteiger partial charge in [-0.2, -0.15) is 0 Å². The highest BCUT2D eigenvalue weighted by atomic mass is 16.5. The first-order valence-electron chi connectivity index (χ1n) is 9.38. The van der Waals surface area contributed by atoms with E-state index in [1.165, 1.54) is 4.90 Å². The summed E-state index contributed by atoms with van der Waals surface area (Å²) < 4.78 is 7.25. The molecule has 1 amide bonds. The molecule has 0 spiro atoms. The number of quaternary nitrogens is 1. The fourth-order valence-corrected chi connectivity index (χ4v) is 3.42. The monoisotopic (exact) mass is 379 g/mol. The third-order valence-corrected chi connectivity index (χ3v) is 5.04. The zero-order valence-electron chi connectivity index (χ0n) is 15.8. The number of fused-ring (bicyclic) bond motifs is 1. The van der Waals surface area contributed by atoms with E-state index in [4.69, 9.17) is 4.74 Å². The number of hydrogen-bond donors (Lipinski definition) is 2. The topological polar surface area (TPSA) is 80.6 Å². The standard InChI is InChI=1S/C21H22N4O3/c1-15-6-8-16(9-7-15)20(26)23-22-19-17-4-2-3-5-18(17)25(21(19)27)14-24-10-12-28-13-11-24/h2-9,27H,10-14H2,1H3/p+1. The molecular formula is C21H23N4O3+. The fourth-order valence-electron chi connectivity index (χ4n) is 3.42. The molecular weight excluding hydrogens is 356 g/mol. The van der Waals surface area contributed by atoms with Crippen LogP contribution >= 0.6 is 0 Å². The van der Waals surface area contributed by atoms with Crippen LogP contribution in [0.4, 0.5) is 5.69 Å². The Morgan fingerprint density at radius 2 is 1.86 bits per heavy atom. The van der Waals surface area contributed by atoms with Crippen molar-refractivity contribution in [2.75, 3.05) is 26.3 Å². The SMILES string of the molecule is Cc1ccc(C(=O)N=Nc2c(O)n(C[NH+]3CCOCC3)c3ccccc23)cc1. The van der Waals surface area contributed by atoms with E-state index >= 15 is 0 Å². The Bertz CT molecular complexity index is 1020. The third kappa shape index (κ3) is 3.67. The van der Waals surface area contributed by atoms with E-state index in [1.807, 2.05) is 47.9 Å². The van der Waals surface area contributed by atoms with E-state index in [-0.39, 0.29) is 5.88 Å². The largest absolute Gasteiger partial charge is 0.493 e. The zero-order chi connectivity index (χ0) is 19.5. The molecule has 3 aromatic rings. The van der Waals surface area contributed by atoms with Gasteiger partial charge >= 0.3 is 0 Å². The van der Waals surface area contributed by atoms with E-state index in [0.29, 0.717) is 31.1 Å². The molecule has 7 heteroatoms. The van der Waals surface area contributed by atoms with Crippen LogP contribution in [0.3, 0.4) is 0 Å². The number of aromatic nitrogens is 1. The minimum absolute atomic E-state index is 0.0284. The Labute approximate surface area is 162 Å². The van der Waals surface area contributed by atoms with E-state index in [9.17, 15) is 9.90 Å². The van der Waals surface area contributed by atoms with Gasteiger partial charge in [0.2, 0.25) is 5.88 Å². The van der Waals surface area contributed by atoms with Gasteiger partial charge < -0.3 is 14.7 Å². The normalized spacial score (nSPS) is 15.5. The molecule has 4 rings (SSSR count). The molecule has 2 heterocycles. The summed E-state index contributed by atoms with van der Waals surface area (Å²) in [6.07, 6.45) is 0. The third-order valence-electron chi connectivity index (χ3n) is 5.04. The maximum Gasteiger partial charge on any atom is 0.295 e. The Hall–Kier alpha value is -3.03. The number of benzene rings is 2. The number of ether oxygens (including phenoxy) is 1. The number of aromatic hydroxyl groups is 1. The van der Waals surface area contributed by atoms with Crippen LogP contribution in [0, 0.1) is 6.92 Å². The second-order valence-electron chi connectivity index (χ2n) is 7.01. The summed E-state index contributed by atoms with van der Waals surface area (Å²) in [5.74, 6) is -0.407. The quantitative estimate of drug-likeness (QED) is 0.684. The molecule has 0 aliphatic carbocycles. The van der Waals surface area contributed by atoms with E-state index in [0.717, 1.165) is 29.6 Å². The smallest absolute Gasteiger partial charge is 0.295 e. The molecule has 0 atom stereocenters. The molecule has 1 fully saturated rings. The summed E-state index contributed by atoms with van der Waals surface area (Å²) in [4.78, 5) is 13.7. The predicted molar refractivity (Wildman–Crippen MR) is 105 cm³/mol. The molecule has 0 saturated carbocycles. The van der Waals surface area contributed by atoms with Gasteiger partial charge in [-0.15, -0.1) is 10.2 Å². The van der Waals surface area contributed by atoms with Crippen molar-refractivity contribution in [2.24, 2.45) is 10.2 Å². The summed E-state index contributed by atoms with van der Waals surface area (Å²) in [6.45, 7) is 5.76. The highest BCUT2D eigenvalue weighted by molar-refractivity contribution is 5.97. The van der Waals surface area contributed by atoms with Gasteiger partial charge in [0.1, 0.15) is 13.1 Å². The lowest BCUT2D eigenvalue weighted by atomic mass is 10.1. The summed E-state index contributed by atoms with van der Waals surface area (Å²) in [5.41, 5.74) is 2.73. The molecule has 1 saturated heterocycles. The lowest BCUT2D eigenvalue weighted by Gasteiger charge is -2.24. The van der Waals surface area contributed by atoms with E-state index in [1.54, 1.807) is 12.1 Å². The van der Waals surface area contributed by atoms with Crippen molar-refractivity contribution in [1.82, 2.24) is 4.57 Å². The Morgan fingerprint density at radius 3 is 2.61 bits per heavy atom. The number of carbonyl (C=O) groups excluding carboxylic acids is 1. The van der Waals surface area contributed by atoms with Crippen molar-refractivity contribution in [3.8, 4) is 5.88 Å². The molecule has 1 aliphatic rings. The van der Waals surface area contributed by atoms with E-state index < -0.39 is 5.91 Å². The molecule has 28 heavy (non-hydrogen) atoms. The molecule has 1 aromatic heterocycles. The van der Waals surface area contributed by atoms with E-state index in [2.05, 4.69) is 10.2 Å². The van der Waals surface area contributed by atoms with Gasteiger partial charge in [-0.3, -0.25) is 9.36 Å². The summed E-state index contributed by atoms with van der Waals surface area (Å²) in [5, 5.41) is 19.6. The predicted octanol–water partition coefficient (Wildman–Crippen LogP) is 2.45. The number of azo groups is 1. The lowest BCUT2D eigenvalue weighted by Crippen LogP contribution is -3.13. The number of rotatable bonds is 4. The van der Waals surface area contributed by atoms with Crippen molar-refractivity contribution in [3.05, 3.63) is 59.7 Å². The maximum atomic E-state index is 12.3. The number of para-hydroxylation sites is 1. The Balaban J connectivity index is 1.65. The lowest BCUT2D eigenvalue weighted by molar-refractivity contribution is -0.930. The van der Waals surface area contributed by atoms with Crippen LogP contribution in [-0.4, -0.2) is 41.9 Å². The van der Waals surface area contributed by atoms with Crippen LogP contribution in [0.15, 0.2) is 58.8 Å². The first kappa shape index (κ1) is 18.3. The summed E-state index contributed by atoms with van der Waals surface area (Å²) in [7, 11) is 0. The fraction of sp³-hybridized carbons (Fsp3) is 0.286. The zero-order valence-corrected chi connectivity index (χ0v) is 15.8. The minimum Gasteiger partial charge on any atom is -0.493 e. The molecule has 144 valence electrons. The Morgan fingerprint density at radius 1 is 1.14 bits per heavy atom. The van der Waals surface area contributed by atoms with Gasteiger partial charge in [-0.1, -0.05) is 35.9 Å². The van der Waals surface area contributed by atoms with Crippen LogP contribution in [0.5, 0.6) is 5.88 Å². The first-order chi connectivity index (χ1) is 13.6. The van der Waals surface area contributed by atoms with Crippen LogP contribution in [-0.2, 0) is 11.4 Å². The van der Waals surface area contributed by atoms with Crippen molar-refractivity contribution < 1.29 is 19.5 Å². The molecule has 2 aromatic carbocycles. The second kappa shape index (κ2) is 7.92. The Kier molecular flexibility index (Phi) is 5.18. The van der Waals surface area contributed by atoms with Gasteiger partial charge in [-0.25, -0.2) is 0 Å².